The predicted molar refractivity (Wildman–Crippen MR) is 140 cm³/mol. The highest BCUT2D eigenvalue weighted by molar-refractivity contribution is 5.85. The smallest absolute Gasteiger partial charge is 0.331 e. The molecule has 2 N–H and O–H groups in total. The van der Waals surface area contributed by atoms with E-state index in [9.17, 15) is 9.59 Å². The molecular weight excluding hydrogens is 450 g/mol. The van der Waals surface area contributed by atoms with E-state index in [2.05, 4.69) is 35.5 Å². The number of urea groups is 1. The van der Waals surface area contributed by atoms with Gasteiger partial charge < -0.3 is 20.3 Å². The third-order valence-corrected chi connectivity index (χ3v) is 11.4. The molecule has 0 aromatic carbocycles. The molecule has 6 nitrogen and oxygen atoms in total. The van der Waals surface area contributed by atoms with Crippen molar-refractivity contribution in [2.45, 2.75) is 84.1 Å². The van der Waals surface area contributed by atoms with E-state index in [0.717, 1.165) is 38.3 Å². The van der Waals surface area contributed by atoms with Gasteiger partial charge in [-0.25, -0.2) is 9.59 Å². The summed E-state index contributed by atoms with van der Waals surface area (Å²) in [5.74, 6) is 2.42. The van der Waals surface area contributed by atoms with Crippen molar-refractivity contribution in [3.05, 3.63) is 23.3 Å². The molecule has 0 spiro atoms. The van der Waals surface area contributed by atoms with Crippen LogP contribution in [0.1, 0.15) is 78.1 Å². The molecule has 0 unspecified atom stereocenters. The molecule has 0 radical (unpaired) electrons. The topological polar surface area (TPSA) is 70.7 Å². The van der Waals surface area contributed by atoms with Crippen LogP contribution in [0.4, 0.5) is 4.79 Å². The van der Waals surface area contributed by atoms with Crippen molar-refractivity contribution in [1.29, 1.82) is 0 Å². The van der Waals surface area contributed by atoms with Crippen molar-refractivity contribution in [2.75, 3.05) is 32.8 Å². The maximum absolute atomic E-state index is 12.6. The lowest BCUT2D eigenvalue weighted by Crippen LogP contribution is -2.54. The molecule has 1 saturated heterocycles. The number of fused-ring (bicyclic) bond motifs is 5. The van der Waals surface area contributed by atoms with Crippen molar-refractivity contribution in [3.63, 3.8) is 0 Å². The molecule has 36 heavy (non-hydrogen) atoms. The molecule has 7 atom stereocenters. The first-order chi connectivity index (χ1) is 17.4. The van der Waals surface area contributed by atoms with Crippen molar-refractivity contribution in [2.24, 2.45) is 34.5 Å². The zero-order chi connectivity index (χ0) is 24.9. The molecule has 0 aromatic rings. The van der Waals surface area contributed by atoms with Crippen LogP contribution in [0, 0.1) is 34.5 Å². The summed E-state index contributed by atoms with van der Waals surface area (Å²) in [5.41, 5.74) is 3.48. The molecule has 6 rings (SSSR count). The number of cyclic esters (lactones) is 1. The average molecular weight is 496 g/mol. The molecule has 2 aliphatic heterocycles. The summed E-state index contributed by atoms with van der Waals surface area (Å²) in [6.07, 6.45) is 16.5. The highest BCUT2D eigenvalue weighted by Gasteiger charge is 2.58. The summed E-state index contributed by atoms with van der Waals surface area (Å²) in [6.45, 7) is 9.60. The Labute approximate surface area is 216 Å². The van der Waals surface area contributed by atoms with Crippen LogP contribution in [0.15, 0.2) is 23.3 Å². The lowest BCUT2D eigenvalue weighted by atomic mass is 9.45. The highest BCUT2D eigenvalue weighted by atomic mass is 16.5. The number of amides is 2. The molecular formula is C30H45N3O3. The van der Waals surface area contributed by atoms with E-state index in [1.807, 2.05) is 0 Å². The van der Waals surface area contributed by atoms with E-state index in [0.29, 0.717) is 35.8 Å². The Bertz CT molecular complexity index is 953. The predicted octanol–water partition coefficient (Wildman–Crippen LogP) is 4.81. The van der Waals surface area contributed by atoms with Crippen LogP contribution in [-0.2, 0) is 9.53 Å². The monoisotopic (exact) mass is 495 g/mol. The van der Waals surface area contributed by atoms with E-state index in [1.165, 1.54) is 63.6 Å². The van der Waals surface area contributed by atoms with E-state index < -0.39 is 0 Å². The van der Waals surface area contributed by atoms with Gasteiger partial charge in [0, 0.05) is 25.2 Å². The minimum absolute atomic E-state index is 0.0238. The van der Waals surface area contributed by atoms with Gasteiger partial charge in [-0.15, -0.1) is 0 Å². The summed E-state index contributed by atoms with van der Waals surface area (Å²) < 4.78 is 5.29. The molecule has 198 valence electrons. The largest absolute Gasteiger partial charge is 0.458 e. The second-order valence-corrected chi connectivity index (χ2v) is 13.1. The summed E-state index contributed by atoms with van der Waals surface area (Å²) in [6, 6.07) is 0.331. The lowest BCUT2D eigenvalue weighted by molar-refractivity contribution is -0.135. The molecule has 3 saturated carbocycles. The van der Waals surface area contributed by atoms with Gasteiger partial charge in [-0.2, -0.15) is 0 Å². The van der Waals surface area contributed by atoms with E-state index in [4.69, 9.17) is 4.74 Å². The Morgan fingerprint density at radius 1 is 1.14 bits per heavy atom. The molecule has 2 amide bonds. The number of rotatable bonds is 5. The van der Waals surface area contributed by atoms with Crippen LogP contribution in [0.5, 0.6) is 0 Å². The molecule has 0 aromatic heterocycles. The Morgan fingerprint density at radius 3 is 2.75 bits per heavy atom. The van der Waals surface area contributed by atoms with Crippen LogP contribution < -0.4 is 10.6 Å². The number of carbonyl (C=O) groups is 2. The first-order valence-corrected chi connectivity index (χ1v) is 14.7. The number of ether oxygens (including phenoxy) is 1. The third-order valence-electron chi connectivity index (χ3n) is 11.4. The number of hydrogen-bond acceptors (Lipinski definition) is 4. The highest BCUT2D eigenvalue weighted by Crippen LogP contribution is 2.66. The number of hydrogen-bond donors (Lipinski definition) is 2. The van der Waals surface area contributed by atoms with Gasteiger partial charge in [0.2, 0.25) is 0 Å². The maximum atomic E-state index is 12.6. The van der Waals surface area contributed by atoms with Gasteiger partial charge in [-0.3, -0.25) is 0 Å². The molecule has 0 bridgehead atoms. The first kappa shape index (κ1) is 24.5. The number of carbonyl (C=O) groups excluding carboxylic acids is 2. The van der Waals surface area contributed by atoms with Crippen LogP contribution in [-0.4, -0.2) is 55.7 Å². The second-order valence-electron chi connectivity index (χ2n) is 13.1. The summed E-state index contributed by atoms with van der Waals surface area (Å²) in [5, 5.41) is 6.43. The van der Waals surface area contributed by atoms with Crippen molar-refractivity contribution >= 4 is 12.0 Å². The van der Waals surface area contributed by atoms with Crippen LogP contribution >= 0.6 is 0 Å². The normalized spacial score (nSPS) is 42.1. The van der Waals surface area contributed by atoms with E-state index >= 15 is 0 Å². The number of nitrogens with zero attached hydrogens (tertiary/aromatic N) is 1. The van der Waals surface area contributed by atoms with Crippen LogP contribution in [0.2, 0.25) is 0 Å². The quantitative estimate of drug-likeness (QED) is 0.424. The van der Waals surface area contributed by atoms with Crippen LogP contribution in [0.3, 0.4) is 0 Å². The van der Waals surface area contributed by atoms with Gasteiger partial charge in [0.15, 0.2) is 0 Å². The number of nitrogens with one attached hydrogen (secondary N) is 2. The maximum Gasteiger partial charge on any atom is 0.331 e. The average Bonchev–Trinajstić information content (AvgIpc) is 3.59. The lowest BCUT2D eigenvalue weighted by Gasteiger charge is -2.60. The fourth-order valence-electron chi connectivity index (χ4n) is 9.44. The number of allylic oxidation sites excluding steroid dienone is 2. The van der Waals surface area contributed by atoms with Gasteiger partial charge in [-0.1, -0.05) is 25.5 Å². The van der Waals surface area contributed by atoms with Gasteiger partial charge in [0.1, 0.15) is 6.61 Å². The number of likely N-dealkylation sites (tertiary alicyclic amines) is 1. The molecule has 6 heteroatoms. The van der Waals surface area contributed by atoms with Gasteiger partial charge in [0.05, 0.1) is 0 Å². The SMILES string of the molecule is C[C@]12CC[C@H](NC(=O)NCCN3CCCC3)C[C@H]1CC[C@H]1C3=CC[C@H](C4=CC(=O)OC4)[C@@]3(C)CC[C@@H]12. The number of esters is 1. The Kier molecular flexibility index (Phi) is 6.46. The standard InChI is InChI=1S/C30H45N3O3/c1-29-11-9-22(32-28(35)31-13-16-33-14-3-4-15-33)18-21(29)5-6-23-25-8-7-24(20-17-27(34)36-19-20)30(25,2)12-10-26(23)29/h8,17,21-24,26H,3-7,9-16,18-19H2,1-2H3,(H2,31,32,35)/t21-,22+,23+,24-,26+,29+,30-/m1/s1. The Hall–Kier alpha value is -1.82. The van der Waals surface area contributed by atoms with E-state index in [-0.39, 0.29) is 17.4 Å². The zero-order valence-electron chi connectivity index (χ0n) is 22.3. The second kappa shape index (κ2) is 9.49. The Morgan fingerprint density at radius 2 is 1.97 bits per heavy atom. The molecule has 6 aliphatic rings. The summed E-state index contributed by atoms with van der Waals surface area (Å²) in [7, 11) is 0. The van der Waals surface area contributed by atoms with Crippen molar-refractivity contribution in [3.8, 4) is 0 Å². The minimum atomic E-state index is -0.158. The Balaban J connectivity index is 1.06. The van der Waals surface area contributed by atoms with Crippen LogP contribution in [0.25, 0.3) is 0 Å². The van der Waals surface area contributed by atoms with Crippen molar-refractivity contribution < 1.29 is 14.3 Å². The zero-order valence-corrected chi connectivity index (χ0v) is 22.3. The summed E-state index contributed by atoms with van der Waals surface area (Å²) >= 11 is 0. The minimum Gasteiger partial charge on any atom is -0.458 e. The van der Waals surface area contributed by atoms with Gasteiger partial charge in [-0.05, 0) is 117 Å². The van der Waals surface area contributed by atoms with E-state index in [1.54, 1.807) is 11.6 Å². The molecule has 4 fully saturated rings. The van der Waals surface area contributed by atoms with Crippen molar-refractivity contribution in [1.82, 2.24) is 15.5 Å². The van der Waals surface area contributed by atoms with Gasteiger partial charge in [0.25, 0.3) is 0 Å². The molecule has 4 aliphatic carbocycles. The summed E-state index contributed by atoms with van der Waals surface area (Å²) in [4.78, 5) is 26.8. The molecule has 2 heterocycles. The fourth-order valence-corrected chi connectivity index (χ4v) is 9.44. The van der Waals surface area contributed by atoms with Gasteiger partial charge >= 0.3 is 12.0 Å². The fraction of sp³-hybridized carbons (Fsp3) is 0.800. The first-order valence-electron chi connectivity index (χ1n) is 14.7. The third kappa shape index (κ3) is 4.21.